The molecule has 0 fully saturated rings. The Hall–Kier alpha value is -3.48. The number of nitrogens with two attached hydrogens (primary N) is 1. The molecular formula is C21H24N4O3. The van der Waals surface area contributed by atoms with Crippen LogP contribution in [0.4, 0.5) is 17.2 Å². The van der Waals surface area contributed by atoms with Crippen LogP contribution >= 0.6 is 0 Å². The fourth-order valence-corrected chi connectivity index (χ4v) is 2.47. The lowest BCUT2D eigenvalue weighted by molar-refractivity contribution is 0.309. The molecule has 0 unspecified atom stereocenters. The van der Waals surface area contributed by atoms with Gasteiger partial charge in [0.25, 0.3) is 0 Å². The molecule has 0 radical (unpaired) electrons. The van der Waals surface area contributed by atoms with Gasteiger partial charge in [0, 0.05) is 5.69 Å². The molecule has 0 aliphatic carbocycles. The van der Waals surface area contributed by atoms with Gasteiger partial charge in [-0.05, 0) is 42.8 Å². The Labute approximate surface area is 164 Å². The van der Waals surface area contributed by atoms with E-state index in [0.29, 0.717) is 29.6 Å². The predicted molar refractivity (Wildman–Crippen MR) is 110 cm³/mol. The Bertz CT molecular complexity index is 900. The molecule has 7 nitrogen and oxygen atoms in total. The van der Waals surface area contributed by atoms with E-state index in [4.69, 9.17) is 19.9 Å². The number of rotatable bonds is 9. The monoisotopic (exact) mass is 380 g/mol. The number of methoxy groups -OCH3 is 1. The van der Waals surface area contributed by atoms with Crippen molar-refractivity contribution < 1.29 is 14.2 Å². The third-order valence-electron chi connectivity index (χ3n) is 4.01. The summed E-state index contributed by atoms with van der Waals surface area (Å²) in [6, 6.07) is 14.9. The summed E-state index contributed by atoms with van der Waals surface area (Å²) in [5.41, 5.74) is 7.34. The zero-order valence-corrected chi connectivity index (χ0v) is 16.0. The Kier molecular flexibility index (Phi) is 6.51. The third-order valence-corrected chi connectivity index (χ3v) is 4.01. The van der Waals surface area contributed by atoms with Crippen LogP contribution in [0.3, 0.4) is 0 Å². The first-order chi connectivity index (χ1) is 13.7. The van der Waals surface area contributed by atoms with Crippen molar-refractivity contribution in [2.24, 2.45) is 0 Å². The fraction of sp³-hybridized carbons (Fsp3) is 0.238. The SMILES string of the molecule is CCCCOc1ccc(Nc2ncnc(Oc3ccccc3OC)c2N)cc1. The van der Waals surface area contributed by atoms with Gasteiger partial charge < -0.3 is 25.3 Å². The zero-order valence-electron chi connectivity index (χ0n) is 16.0. The van der Waals surface area contributed by atoms with Gasteiger partial charge in [-0.3, -0.25) is 0 Å². The Morgan fingerprint density at radius 3 is 2.46 bits per heavy atom. The molecule has 0 saturated heterocycles. The number of aromatic nitrogens is 2. The third kappa shape index (κ3) is 4.82. The fourth-order valence-electron chi connectivity index (χ4n) is 2.47. The van der Waals surface area contributed by atoms with Crippen molar-refractivity contribution >= 4 is 17.2 Å². The number of ether oxygens (including phenoxy) is 3. The molecule has 7 heteroatoms. The molecular weight excluding hydrogens is 356 g/mol. The van der Waals surface area contributed by atoms with Gasteiger partial charge >= 0.3 is 0 Å². The zero-order chi connectivity index (χ0) is 19.8. The molecule has 0 aliphatic rings. The van der Waals surface area contributed by atoms with Crippen molar-refractivity contribution in [2.45, 2.75) is 19.8 Å². The van der Waals surface area contributed by atoms with Crippen molar-refractivity contribution in [2.75, 3.05) is 24.8 Å². The number of para-hydroxylation sites is 2. The summed E-state index contributed by atoms with van der Waals surface area (Å²) < 4.78 is 16.8. The lowest BCUT2D eigenvalue weighted by atomic mass is 10.3. The molecule has 0 bridgehead atoms. The summed E-state index contributed by atoms with van der Waals surface area (Å²) in [5, 5.41) is 3.18. The molecule has 1 aromatic heterocycles. The highest BCUT2D eigenvalue weighted by molar-refractivity contribution is 5.72. The standard InChI is InChI=1S/C21H24N4O3/c1-3-4-13-27-16-11-9-15(10-12-16)25-20-19(22)21(24-14-23-20)28-18-8-6-5-7-17(18)26-2/h5-12,14H,3-4,13,22H2,1-2H3,(H,23,24,25). The van der Waals surface area contributed by atoms with Crippen LogP contribution in [0.25, 0.3) is 0 Å². The number of nitrogens with one attached hydrogen (secondary N) is 1. The highest BCUT2D eigenvalue weighted by Gasteiger charge is 2.13. The van der Waals surface area contributed by atoms with Crippen LogP contribution < -0.4 is 25.3 Å². The van der Waals surface area contributed by atoms with E-state index >= 15 is 0 Å². The van der Waals surface area contributed by atoms with Crippen molar-refractivity contribution in [3.63, 3.8) is 0 Å². The average Bonchev–Trinajstić information content (AvgIpc) is 2.73. The second-order valence-corrected chi connectivity index (χ2v) is 6.05. The number of nitrogens with zero attached hydrogens (tertiary/aromatic N) is 2. The van der Waals surface area contributed by atoms with E-state index in [1.54, 1.807) is 19.2 Å². The maximum Gasteiger partial charge on any atom is 0.248 e. The molecule has 3 aromatic rings. The van der Waals surface area contributed by atoms with Crippen molar-refractivity contribution in [3.8, 4) is 23.1 Å². The van der Waals surface area contributed by atoms with E-state index in [0.717, 1.165) is 24.3 Å². The second kappa shape index (κ2) is 9.45. The number of anilines is 3. The Balaban J connectivity index is 1.72. The molecule has 28 heavy (non-hydrogen) atoms. The van der Waals surface area contributed by atoms with Crippen LogP contribution in [0.1, 0.15) is 19.8 Å². The average molecular weight is 380 g/mol. The molecule has 1 heterocycles. The second-order valence-electron chi connectivity index (χ2n) is 6.05. The first-order valence-electron chi connectivity index (χ1n) is 9.12. The van der Waals surface area contributed by atoms with E-state index in [1.807, 2.05) is 36.4 Å². The van der Waals surface area contributed by atoms with E-state index in [-0.39, 0.29) is 5.88 Å². The summed E-state index contributed by atoms with van der Waals surface area (Å²) in [7, 11) is 1.58. The van der Waals surface area contributed by atoms with E-state index in [9.17, 15) is 0 Å². The van der Waals surface area contributed by atoms with Gasteiger partial charge in [-0.25, -0.2) is 4.98 Å². The molecule has 0 spiro atoms. The van der Waals surface area contributed by atoms with Gasteiger partial charge in [0.1, 0.15) is 17.8 Å². The summed E-state index contributed by atoms with van der Waals surface area (Å²) in [6.07, 6.45) is 3.53. The number of benzene rings is 2. The number of hydrogen-bond acceptors (Lipinski definition) is 7. The van der Waals surface area contributed by atoms with Crippen LogP contribution in [0.5, 0.6) is 23.1 Å². The topological polar surface area (TPSA) is 91.5 Å². The minimum Gasteiger partial charge on any atom is -0.494 e. The minimum atomic E-state index is 0.251. The van der Waals surface area contributed by atoms with E-state index in [2.05, 4.69) is 22.2 Å². The maximum atomic E-state index is 6.20. The Morgan fingerprint density at radius 2 is 1.75 bits per heavy atom. The lowest BCUT2D eigenvalue weighted by Crippen LogP contribution is -2.03. The Morgan fingerprint density at radius 1 is 1.00 bits per heavy atom. The molecule has 0 amide bonds. The molecule has 0 saturated carbocycles. The normalized spacial score (nSPS) is 10.4. The van der Waals surface area contributed by atoms with Gasteiger partial charge in [-0.1, -0.05) is 25.5 Å². The molecule has 146 valence electrons. The van der Waals surface area contributed by atoms with Crippen LogP contribution in [0.15, 0.2) is 54.9 Å². The summed E-state index contributed by atoms with van der Waals surface area (Å²) in [5.74, 6) is 2.65. The molecule has 2 aromatic carbocycles. The summed E-state index contributed by atoms with van der Waals surface area (Å²) in [4.78, 5) is 8.35. The van der Waals surface area contributed by atoms with Crippen LogP contribution in [0.2, 0.25) is 0 Å². The molecule has 0 atom stereocenters. The number of unbranched alkanes of at least 4 members (excludes halogenated alkanes) is 1. The molecule has 3 rings (SSSR count). The van der Waals surface area contributed by atoms with Crippen molar-refractivity contribution in [1.82, 2.24) is 9.97 Å². The van der Waals surface area contributed by atoms with E-state index in [1.165, 1.54) is 6.33 Å². The lowest BCUT2D eigenvalue weighted by Gasteiger charge is -2.13. The van der Waals surface area contributed by atoms with Crippen LogP contribution in [0, 0.1) is 0 Å². The van der Waals surface area contributed by atoms with Gasteiger partial charge in [-0.15, -0.1) is 0 Å². The number of nitrogen functional groups attached to an aromatic ring is 1. The van der Waals surface area contributed by atoms with Crippen LogP contribution in [-0.4, -0.2) is 23.7 Å². The van der Waals surface area contributed by atoms with E-state index < -0.39 is 0 Å². The van der Waals surface area contributed by atoms with Gasteiger partial charge in [0.05, 0.1) is 13.7 Å². The van der Waals surface area contributed by atoms with Gasteiger partial charge in [0.2, 0.25) is 5.88 Å². The number of hydrogen-bond donors (Lipinski definition) is 2. The van der Waals surface area contributed by atoms with Crippen molar-refractivity contribution in [1.29, 1.82) is 0 Å². The van der Waals surface area contributed by atoms with Gasteiger partial charge in [0.15, 0.2) is 17.3 Å². The smallest absolute Gasteiger partial charge is 0.248 e. The van der Waals surface area contributed by atoms with Crippen molar-refractivity contribution in [3.05, 3.63) is 54.9 Å². The maximum absolute atomic E-state index is 6.20. The summed E-state index contributed by atoms with van der Waals surface area (Å²) in [6.45, 7) is 2.85. The quantitative estimate of drug-likeness (QED) is 0.516. The van der Waals surface area contributed by atoms with Crippen LogP contribution in [-0.2, 0) is 0 Å². The minimum absolute atomic E-state index is 0.251. The predicted octanol–water partition coefficient (Wildman–Crippen LogP) is 4.78. The highest BCUT2D eigenvalue weighted by Crippen LogP contribution is 2.35. The highest BCUT2D eigenvalue weighted by atomic mass is 16.5. The largest absolute Gasteiger partial charge is 0.494 e. The first kappa shape index (κ1) is 19.3. The summed E-state index contributed by atoms with van der Waals surface area (Å²) >= 11 is 0. The molecule has 3 N–H and O–H groups in total. The van der Waals surface area contributed by atoms with Gasteiger partial charge in [-0.2, -0.15) is 4.98 Å². The molecule has 0 aliphatic heterocycles. The first-order valence-corrected chi connectivity index (χ1v) is 9.12.